The molecule has 1 aromatic carbocycles. The van der Waals surface area contributed by atoms with E-state index in [9.17, 15) is 4.79 Å². The summed E-state index contributed by atoms with van der Waals surface area (Å²) in [6.07, 6.45) is 0. The lowest BCUT2D eigenvalue weighted by Gasteiger charge is -2.37. The van der Waals surface area contributed by atoms with Crippen LogP contribution in [0.2, 0.25) is 0 Å². The van der Waals surface area contributed by atoms with Gasteiger partial charge in [0.1, 0.15) is 12.4 Å². The van der Waals surface area contributed by atoms with E-state index in [0.29, 0.717) is 12.6 Å². The number of thiazole rings is 1. The van der Waals surface area contributed by atoms with E-state index in [0.717, 1.165) is 48.2 Å². The number of carbonyl (C=O) groups is 1. The highest BCUT2D eigenvalue weighted by atomic mass is 32.1. The molecule has 0 bridgehead atoms. The minimum absolute atomic E-state index is 0.102. The zero-order chi connectivity index (χ0) is 17.8. The van der Waals surface area contributed by atoms with E-state index in [1.165, 1.54) is 0 Å². The Hall–Kier alpha value is -1.92. The van der Waals surface area contributed by atoms with E-state index >= 15 is 0 Å². The normalized spacial score (nSPS) is 15.6. The fraction of sp³-hybridized carbons (Fsp3) is 0.474. The van der Waals surface area contributed by atoms with E-state index in [1.54, 1.807) is 11.3 Å². The van der Waals surface area contributed by atoms with E-state index in [4.69, 9.17) is 4.74 Å². The predicted octanol–water partition coefficient (Wildman–Crippen LogP) is 3.20. The molecule has 1 aliphatic heterocycles. The molecule has 1 fully saturated rings. The summed E-state index contributed by atoms with van der Waals surface area (Å²) < 4.78 is 5.74. The van der Waals surface area contributed by atoms with Gasteiger partial charge < -0.3 is 9.64 Å². The van der Waals surface area contributed by atoms with Crippen molar-refractivity contribution < 1.29 is 9.53 Å². The van der Waals surface area contributed by atoms with Crippen LogP contribution in [0.3, 0.4) is 0 Å². The molecule has 5 nitrogen and oxygen atoms in total. The van der Waals surface area contributed by atoms with Gasteiger partial charge in [0.05, 0.1) is 10.7 Å². The van der Waals surface area contributed by atoms with E-state index in [2.05, 4.69) is 23.7 Å². The molecule has 25 heavy (non-hydrogen) atoms. The van der Waals surface area contributed by atoms with Crippen molar-refractivity contribution in [3.8, 4) is 5.75 Å². The van der Waals surface area contributed by atoms with E-state index in [-0.39, 0.29) is 5.91 Å². The Kier molecular flexibility index (Phi) is 5.71. The van der Waals surface area contributed by atoms with Gasteiger partial charge in [0.25, 0.3) is 5.91 Å². The van der Waals surface area contributed by atoms with Crippen molar-refractivity contribution >= 4 is 17.2 Å². The van der Waals surface area contributed by atoms with Gasteiger partial charge >= 0.3 is 0 Å². The highest BCUT2D eigenvalue weighted by molar-refractivity contribution is 7.09. The lowest BCUT2D eigenvalue weighted by atomic mass is 10.1. The summed E-state index contributed by atoms with van der Waals surface area (Å²) in [6.45, 7) is 10.3. The van der Waals surface area contributed by atoms with Crippen LogP contribution in [0.4, 0.5) is 0 Å². The Labute approximate surface area is 153 Å². The Bertz CT molecular complexity index is 704. The van der Waals surface area contributed by atoms with E-state index in [1.807, 2.05) is 41.5 Å². The molecular weight excluding hydrogens is 334 g/mol. The first-order valence-electron chi connectivity index (χ1n) is 8.70. The van der Waals surface area contributed by atoms with Crippen LogP contribution in [0.1, 0.15) is 34.9 Å². The topological polar surface area (TPSA) is 45.7 Å². The van der Waals surface area contributed by atoms with Gasteiger partial charge in [-0.3, -0.25) is 9.69 Å². The summed E-state index contributed by atoms with van der Waals surface area (Å²) in [4.78, 5) is 21.3. The number of benzene rings is 1. The molecule has 2 aromatic rings. The molecule has 1 aromatic heterocycles. The summed E-state index contributed by atoms with van der Waals surface area (Å²) in [5, 5.41) is 3.04. The molecule has 2 heterocycles. The van der Waals surface area contributed by atoms with Crippen LogP contribution < -0.4 is 4.74 Å². The monoisotopic (exact) mass is 359 g/mol. The second-order valence-electron chi connectivity index (χ2n) is 6.59. The fourth-order valence-corrected chi connectivity index (χ4v) is 3.55. The van der Waals surface area contributed by atoms with Crippen LogP contribution in [0, 0.1) is 6.92 Å². The van der Waals surface area contributed by atoms with Crippen LogP contribution in [0.15, 0.2) is 29.6 Å². The lowest BCUT2D eigenvalue weighted by Crippen LogP contribution is -2.50. The van der Waals surface area contributed by atoms with Gasteiger partial charge in [-0.15, -0.1) is 11.3 Å². The molecule has 0 aliphatic carbocycles. The molecule has 6 heteroatoms. The van der Waals surface area contributed by atoms with Gasteiger partial charge in [0, 0.05) is 43.2 Å². The van der Waals surface area contributed by atoms with Crippen molar-refractivity contribution in [3.05, 3.63) is 45.9 Å². The first kappa shape index (κ1) is 17.9. The average Bonchev–Trinajstić information content (AvgIpc) is 3.05. The molecule has 1 amide bonds. The molecule has 0 spiro atoms. The number of aryl methyl sites for hydroxylation is 1. The minimum Gasteiger partial charge on any atom is -0.487 e. The maximum atomic E-state index is 12.6. The van der Waals surface area contributed by atoms with Gasteiger partial charge in [-0.1, -0.05) is 0 Å². The van der Waals surface area contributed by atoms with Gasteiger partial charge in [-0.2, -0.15) is 0 Å². The lowest BCUT2D eigenvalue weighted by molar-refractivity contribution is 0.0595. The van der Waals surface area contributed by atoms with Gasteiger partial charge in [-0.05, 0) is 45.0 Å². The molecule has 1 saturated heterocycles. The Balaban J connectivity index is 1.54. The Morgan fingerprint density at radius 2 is 1.88 bits per heavy atom. The second-order valence-corrected chi connectivity index (χ2v) is 7.66. The molecule has 0 atom stereocenters. The number of rotatable bonds is 5. The summed E-state index contributed by atoms with van der Waals surface area (Å²) in [5.41, 5.74) is 1.65. The molecule has 134 valence electrons. The van der Waals surface area contributed by atoms with Crippen molar-refractivity contribution in [2.45, 2.75) is 33.4 Å². The van der Waals surface area contributed by atoms with Gasteiger partial charge in [0.2, 0.25) is 0 Å². The van der Waals surface area contributed by atoms with Gasteiger partial charge in [0.15, 0.2) is 0 Å². The standard InChI is InChI=1S/C19H25N3O2S/c1-14(2)21-8-10-22(11-9-21)19(23)16-4-6-18(7-5-16)24-12-17-13-25-15(3)20-17/h4-7,13-14H,8-12H2,1-3H3. The van der Waals surface area contributed by atoms with E-state index < -0.39 is 0 Å². The van der Waals surface area contributed by atoms with Crippen LogP contribution in [0.5, 0.6) is 5.75 Å². The van der Waals surface area contributed by atoms with Crippen molar-refractivity contribution in [1.29, 1.82) is 0 Å². The third kappa shape index (κ3) is 4.58. The number of hydrogen-bond acceptors (Lipinski definition) is 5. The summed E-state index contributed by atoms with van der Waals surface area (Å²) >= 11 is 1.62. The SMILES string of the molecule is Cc1nc(COc2ccc(C(=O)N3CCN(C(C)C)CC3)cc2)cs1. The average molecular weight is 359 g/mol. The Morgan fingerprint density at radius 3 is 2.44 bits per heavy atom. The summed E-state index contributed by atoms with van der Waals surface area (Å²) in [7, 11) is 0. The number of carbonyl (C=O) groups excluding carboxylic acids is 1. The molecular formula is C19H25N3O2S. The van der Waals surface area contributed by atoms with Crippen molar-refractivity contribution in [1.82, 2.24) is 14.8 Å². The third-order valence-electron chi connectivity index (χ3n) is 4.49. The van der Waals surface area contributed by atoms with Crippen LogP contribution in [-0.4, -0.2) is 52.9 Å². The molecule has 1 aliphatic rings. The molecule has 0 N–H and O–H groups in total. The number of amides is 1. The minimum atomic E-state index is 0.102. The highest BCUT2D eigenvalue weighted by Crippen LogP contribution is 2.17. The number of ether oxygens (including phenoxy) is 1. The number of nitrogens with zero attached hydrogens (tertiary/aromatic N) is 3. The number of hydrogen-bond donors (Lipinski definition) is 0. The van der Waals surface area contributed by atoms with Crippen LogP contribution >= 0.6 is 11.3 Å². The molecule has 0 saturated carbocycles. The first-order chi connectivity index (χ1) is 12.0. The molecule has 0 unspecified atom stereocenters. The van der Waals surface area contributed by atoms with Crippen molar-refractivity contribution in [2.24, 2.45) is 0 Å². The Morgan fingerprint density at radius 1 is 1.20 bits per heavy atom. The summed E-state index contributed by atoms with van der Waals surface area (Å²) in [6, 6.07) is 7.95. The number of aromatic nitrogens is 1. The zero-order valence-corrected chi connectivity index (χ0v) is 15.9. The van der Waals surface area contributed by atoms with Crippen molar-refractivity contribution in [3.63, 3.8) is 0 Å². The van der Waals surface area contributed by atoms with Crippen LogP contribution in [-0.2, 0) is 6.61 Å². The summed E-state index contributed by atoms with van der Waals surface area (Å²) in [5.74, 6) is 0.858. The first-order valence-corrected chi connectivity index (χ1v) is 9.58. The third-order valence-corrected chi connectivity index (χ3v) is 5.31. The second kappa shape index (κ2) is 7.97. The smallest absolute Gasteiger partial charge is 0.253 e. The largest absolute Gasteiger partial charge is 0.487 e. The van der Waals surface area contributed by atoms with Crippen LogP contribution in [0.25, 0.3) is 0 Å². The van der Waals surface area contributed by atoms with Crippen molar-refractivity contribution in [2.75, 3.05) is 26.2 Å². The quantitative estimate of drug-likeness (QED) is 0.822. The molecule has 0 radical (unpaired) electrons. The maximum absolute atomic E-state index is 12.6. The highest BCUT2D eigenvalue weighted by Gasteiger charge is 2.23. The van der Waals surface area contributed by atoms with Gasteiger partial charge in [-0.25, -0.2) is 4.98 Å². The molecule has 3 rings (SSSR count). The predicted molar refractivity (Wildman–Crippen MR) is 100 cm³/mol. The fourth-order valence-electron chi connectivity index (χ4n) is 2.95. The zero-order valence-electron chi connectivity index (χ0n) is 15.1. The maximum Gasteiger partial charge on any atom is 0.253 e. The number of piperazine rings is 1.